The van der Waals surface area contributed by atoms with Crippen molar-refractivity contribution in [2.24, 2.45) is 11.7 Å². The molecule has 17 heavy (non-hydrogen) atoms. The van der Waals surface area contributed by atoms with Gasteiger partial charge in [-0.3, -0.25) is 4.79 Å². The van der Waals surface area contributed by atoms with E-state index in [1.54, 1.807) is 11.8 Å². The van der Waals surface area contributed by atoms with Crippen molar-refractivity contribution in [3.8, 4) is 0 Å². The third-order valence-corrected chi connectivity index (χ3v) is 5.08. The van der Waals surface area contributed by atoms with Crippen molar-refractivity contribution in [3.05, 3.63) is 0 Å². The Labute approximate surface area is 107 Å². The maximum Gasteiger partial charge on any atom is 0.232 e. The van der Waals surface area contributed by atoms with E-state index in [0.29, 0.717) is 6.42 Å². The molecule has 0 aliphatic carbocycles. The minimum absolute atomic E-state index is 0.0203. The van der Waals surface area contributed by atoms with Gasteiger partial charge in [0.15, 0.2) is 9.84 Å². The van der Waals surface area contributed by atoms with Crippen molar-refractivity contribution in [1.82, 2.24) is 4.90 Å². The van der Waals surface area contributed by atoms with E-state index < -0.39 is 15.8 Å². The van der Waals surface area contributed by atoms with Gasteiger partial charge >= 0.3 is 0 Å². The van der Waals surface area contributed by atoms with Gasteiger partial charge in [-0.2, -0.15) is 0 Å². The number of hydrogen-bond acceptors (Lipinski definition) is 4. The molecule has 0 radical (unpaired) electrons. The summed E-state index contributed by atoms with van der Waals surface area (Å²) in [6.07, 6.45) is 0.546. The average Bonchev–Trinajstić information content (AvgIpc) is 2.15. The normalized spacial score (nSPS) is 25.3. The third-order valence-electron chi connectivity index (χ3n) is 3.00. The molecular formula is C10H18N2O3S2. The molecule has 2 atom stereocenters. The Morgan fingerprint density at radius 2 is 2.18 bits per heavy atom. The Morgan fingerprint density at radius 3 is 2.59 bits per heavy atom. The molecule has 0 aromatic heterocycles. The summed E-state index contributed by atoms with van der Waals surface area (Å²) < 4.78 is 22.8. The van der Waals surface area contributed by atoms with E-state index in [1.165, 1.54) is 0 Å². The van der Waals surface area contributed by atoms with E-state index in [9.17, 15) is 13.2 Å². The Kier molecular flexibility index (Phi) is 4.48. The summed E-state index contributed by atoms with van der Waals surface area (Å²) in [6, 6.07) is -0.301. The van der Waals surface area contributed by atoms with Gasteiger partial charge in [-0.1, -0.05) is 19.1 Å². The van der Waals surface area contributed by atoms with Crippen LogP contribution < -0.4 is 5.73 Å². The van der Waals surface area contributed by atoms with Gasteiger partial charge in [-0.15, -0.1) is 0 Å². The van der Waals surface area contributed by atoms with Crippen LogP contribution in [0.2, 0.25) is 0 Å². The highest BCUT2D eigenvalue weighted by Gasteiger charge is 2.34. The van der Waals surface area contributed by atoms with Gasteiger partial charge < -0.3 is 10.6 Å². The Bertz CT molecular complexity index is 419. The average molecular weight is 278 g/mol. The summed E-state index contributed by atoms with van der Waals surface area (Å²) in [6.45, 7) is 3.81. The van der Waals surface area contributed by atoms with Crippen LogP contribution in [0.15, 0.2) is 0 Å². The first kappa shape index (κ1) is 14.4. The van der Waals surface area contributed by atoms with Crippen LogP contribution in [0.3, 0.4) is 0 Å². The van der Waals surface area contributed by atoms with Crippen LogP contribution in [0.4, 0.5) is 0 Å². The van der Waals surface area contributed by atoms with Crippen molar-refractivity contribution < 1.29 is 13.2 Å². The fraction of sp³-hybridized carbons (Fsp3) is 0.800. The van der Waals surface area contributed by atoms with E-state index in [1.807, 2.05) is 6.92 Å². The number of carbonyl (C=O) groups excluding carboxylic acids is 1. The molecule has 2 N–H and O–H groups in total. The first-order valence-electron chi connectivity index (χ1n) is 5.58. The Hall–Kier alpha value is -0.690. The molecule has 1 fully saturated rings. The summed E-state index contributed by atoms with van der Waals surface area (Å²) in [5.41, 5.74) is 5.52. The molecule has 0 aromatic rings. The van der Waals surface area contributed by atoms with Crippen molar-refractivity contribution >= 4 is 33.0 Å². The maximum absolute atomic E-state index is 12.2. The predicted molar refractivity (Wildman–Crippen MR) is 70.4 cm³/mol. The molecule has 1 rings (SSSR count). The summed E-state index contributed by atoms with van der Waals surface area (Å²) in [7, 11) is -3.01. The lowest BCUT2D eigenvalue weighted by atomic mass is 10.0. The van der Waals surface area contributed by atoms with Gasteiger partial charge in [-0.25, -0.2) is 8.42 Å². The lowest BCUT2D eigenvalue weighted by Crippen LogP contribution is -2.53. The monoisotopic (exact) mass is 278 g/mol. The Morgan fingerprint density at radius 1 is 1.59 bits per heavy atom. The summed E-state index contributed by atoms with van der Waals surface area (Å²) >= 11 is 4.86. The van der Waals surface area contributed by atoms with Crippen LogP contribution in [-0.2, 0) is 14.6 Å². The zero-order chi connectivity index (χ0) is 13.2. The highest BCUT2D eigenvalue weighted by molar-refractivity contribution is 7.91. The van der Waals surface area contributed by atoms with Crippen LogP contribution in [0.25, 0.3) is 0 Å². The molecule has 1 amide bonds. The molecule has 0 spiro atoms. The summed E-state index contributed by atoms with van der Waals surface area (Å²) in [4.78, 5) is 13.9. The molecule has 0 bridgehead atoms. The molecule has 0 saturated carbocycles. The van der Waals surface area contributed by atoms with Gasteiger partial charge in [0, 0.05) is 12.6 Å². The van der Waals surface area contributed by atoms with Gasteiger partial charge in [0.05, 0.1) is 22.4 Å². The van der Waals surface area contributed by atoms with Gasteiger partial charge in [0.25, 0.3) is 0 Å². The first-order chi connectivity index (χ1) is 7.78. The molecule has 7 heteroatoms. The number of nitrogens with two attached hydrogens (primary N) is 1. The fourth-order valence-electron chi connectivity index (χ4n) is 2.02. The van der Waals surface area contributed by atoms with Gasteiger partial charge in [0.1, 0.15) is 0 Å². The van der Waals surface area contributed by atoms with Gasteiger partial charge in [0.2, 0.25) is 5.91 Å². The smallest absolute Gasteiger partial charge is 0.232 e. The second kappa shape index (κ2) is 5.30. The standard InChI is InChI=1S/C10H18N2O3S2/c1-3-8(9(11)16)10(13)12-4-5-17(14,15)6-7(12)2/h7-8H,3-6H2,1-2H3,(H2,11,16). The Balaban J connectivity index is 2.81. The fourth-order valence-corrected chi connectivity index (χ4v) is 3.85. The molecule has 1 aliphatic rings. The first-order valence-corrected chi connectivity index (χ1v) is 7.81. The molecule has 0 aromatic carbocycles. The number of nitrogens with zero attached hydrogens (tertiary/aromatic N) is 1. The lowest BCUT2D eigenvalue weighted by Gasteiger charge is -2.35. The lowest BCUT2D eigenvalue weighted by molar-refractivity contribution is -0.134. The van der Waals surface area contributed by atoms with E-state index in [4.69, 9.17) is 18.0 Å². The van der Waals surface area contributed by atoms with Crippen LogP contribution in [0, 0.1) is 5.92 Å². The van der Waals surface area contributed by atoms with Crippen molar-refractivity contribution in [1.29, 1.82) is 0 Å². The zero-order valence-electron chi connectivity index (χ0n) is 10.0. The number of carbonyl (C=O) groups is 1. The molecular weight excluding hydrogens is 260 g/mol. The molecule has 1 heterocycles. The molecule has 1 saturated heterocycles. The maximum atomic E-state index is 12.2. The number of thiocarbonyl (C=S) groups is 1. The molecule has 1 aliphatic heterocycles. The third kappa shape index (κ3) is 3.38. The predicted octanol–water partition coefficient (Wildman–Crippen LogP) is -0.0558. The minimum Gasteiger partial charge on any atom is -0.393 e. The molecule has 98 valence electrons. The van der Waals surface area contributed by atoms with E-state index in [0.717, 1.165) is 0 Å². The van der Waals surface area contributed by atoms with E-state index in [2.05, 4.69) is 0 Å². The molecule has 5 nitrogen and oxygen atoms in total. The second-order valence-corrected chi connectivity index (χ2v) is 7.06. The second-order valence-electron chi connectivity index (χ2n) is 4.36. The van der Waals surface area contributed by atoms with Crippen LogP contribution >= 0.6 is 12.2 Å². The summed E-state index contributed by atoms with van der Waals surface area (Å²) in [5, 5.41) is 0. The molecule has 2 unspecified atom stereocenters. The van der Waals surface area contributed by atoms with Gasteiger partial charge in [-0.05, 0) is 13.3 Å². The highest BCUT2D eigenvalue weighted by Crippen LogP contribution is 2.16. The van der Waals surface area contributed by atoms with E-state index >= 15 is 0 Å². The summed E-state index contributed by atoms with van der Waals surface area (Å²) in [5.74, 6) is -0.584. The van der Waals surface area contributed by atoms with Crippen LogP contribution in [0.1, 0.15) is 20.3 Å². The minimum atomic E-state index is -3.01. The van der Waals surface area contributed by atoms with Crippen LogP contribution in [-0.4, -0.2) is 48.3 Å². The van der Waals surface area contributed by atoms with Crippen molar-refractivity contribution in [2.45, 2.75) is 26.3 Å². The number of rotatable bonds is 3. The topological polar surface area (TPSA) is 80.5 Å². The number of amides is 1. The van der Waals surface area contributed by atoms with Crippen LogP contribution in [0.5, 0.6) is 0 Å². The largest absolute Gasteiger partial charge is 0.393 e. The zero-order valence-corrected chi connectivity index (χ0v) is 11.7. The van der Waals surface area contributed by atoms with Crippen molar-refractivity contribution in [2.75, 3.05) is 18.1 Å². The quantitative estimate of drug-likeness (QED) is 0.732. The van der Waals surface area contributed by atoms with Crippen molar-refractivity contribution in [3.63, 3.8) is 0 Å². The number of sulfone groups is 1. The number of hydrogen-bond donors (Lipinski definition) is 1. The van der Waals surface area contributed by atoms with E-state index in [-0.39, 0.29) is 35.0 Å². The SMILES string of the molecule is CCC(C(=O)N1CCS(=O)(=O)CC1C)C(N)=S. The highest BCUT2D eigenvalue weighted by atomic mass is 32.2.